The van der Waals surface area contributed by atoms with Crippen molar-refractivity contribution in [2.45, 2.75) is 13.8 Å². The van der Waals surface area contributed by atoms with Crippen LogP contribution in [0.4, 0.5) is 10.1 Å². The van der Waals surface area contributed by atoms with Gasteiger partial charge in [-0.2, -0.15) is 10.1 Å². The van der Waals surface area contributed by atoms with Gasteiger partial charge in [-0.3, -0.25) is 14.3 Å². The average Bonchev–Trinajstić information content (AvgIpc) is 3.31. The van der Waals surface area contributed by atoms with E-state index < -0.39 is 0 Å². The van der Waals surface area contributed by atoms with Gasteiger partial charge >= 0.3 is 0 Å². The number of anilines is 1. The van der Waals surface area contributed by atoms with E-state index >= 15 is 0 Å². The summed E-state index contributed by atoms with van der Waals surface area (Å²) in [4.78, 5) is 21.5. The third-order valence-electron chi connectivity index (χ3n) is 5.28. The molecular formula is C20H23FN6O. The van der Waals surface area contributed by atoms with Gasteiger partial charge in [0.15, 0.2) is 5.78 Å². The molecule has 146 valence electrons. The zero-order valence-electron chi connectivity index (χ0n) is 16.0. The van der Waals surface area contributed by atoms with E-state index in [4.69, 9.17) is 0 Å². The molecule has 2 aromatic heterocycles. The second kappa shape index (κ2) is 7.55. The second-order valence-electron chi connectivity index (χ2n) is 7.09. The molecular weight excluding hydrogens is 359 g/mol. The number of benzene rings is 1. The van der Waals surface area contributed by atoms with E-state index in [1.807, 2.05) is 24.5 Å². The van der Waals surface area contributed by atoms with Crippen LogP contribution in [0.5, 0.6) is 0 Å². The summed E-state index contributed by atoms with van der Waals surface area (Å²) in [5.74, 6) is 0.493. The van der Waals surface area contributed by atoms with E-state index in [-0.39, 0.29) is 11.6 Å². The van der Waals surface area contributed by atoms with Crippen LogP contribution in [-0.2, 0) is 0 Å². The van der Waals surface area contributed by atoms with E-state index in [1.54, 1.807) is 12.1 Å². The van der Waals surface area contributed by atoms with Crippen LogP contribution in [-0.4, -0.2) is 63.2 Å². The maximum absolute atomic E-state index is 13.1. The number of aryl methyl sites for hydroxylation is 1. The number of carbonyl (C=O) groups excluding carboxylic acids is 1. The molecule has 7 nitrogen and oxygen atoms in total. The molecule has 8 heteroatoms. The topological polar surface area (TPSA) is 70.1 Å². The fourth-order valence-corrected chi connectivity index (χ4v) is 3.78. The van der Waals surface area contributed by atoms with E-state index in [9.17, 15) is 9.18 Å². The Balaban J connectivity index is 1.40. The summed E-state index contributed by atoms with van der Waals surface area (Å²) in [5.41, 5.74) is 3.54. The Morgan fingerprint density at radius 3 is 2.50 bits per heavy atom. The monoisotopic (exact) mass is 382 g/mol. The van der Waals surface area contributed by atoms with Crippen LogP contribution in [0.2, 0.25) is 0 Å². The molecule has 0 atom stereocenters. The van der Waals surface area contributed by atoms with Crippen molar-refractivity contribution in [2.75, 3.05) is 37.6 Å². The lowest BCUT2D eigenvalue weighted by molar-refractivity contribution is 0.0926. The van der Waals surface area contributed by atoms with Crippen molar-refractivity contribution in [2.24, 2.45) is 0 Å². The van der Waals surface area contributed by atoms with Crippen molar-refractivity contribution in [1.82, 2.24) is 24.6 Å². The molecule has 0 amide bonds. The molecule has 28 heavy (non-hydrogen) atoms. The Kier molecular flexibility index (Phi) is 4.95. The van der Waals surface area contributed by atoms with Crippen LogP contribution in [0.3, 0.4) is 0 Å². The molecule has 1 aromatic carbocycles. The van der Waals surface area contributed by atoms with Crippen molar-refractivity contribution >= 4 is 11.5 Å². The maximum Gasteiger partial charge on any atom is 0.229 e. The first kappa shape index (κ1) is 18.4. The Morgan fingerprint density at radius 1 is 1.14 bits per heavy atom. The van der Waals surface area contributed by atoms with Crippen molar-refractivity contribution in [3.8, 4) is 5.95 Å². The van der Waals surface area contributed by atoms with Crippen LogP contribution in [0, 0.1) is 19.7 Å². The molecule has 1 N–H and O–H groups in total. The summed E-state index contributed by atoms with van der Waals surface area (Å²) in [6, 6.07) is 8.48. The highest BCUT2D eigenvalue weighted by molar-refractivity contribution is 5.99. The standard InChI is InChI=1S/C20H23FN6O/c1-14-11-18(15(2)27(14)20-22-13-23-24-20)19(28)12-25-7-9-26(10-8-25)17-5-3-16(21)4-6-17/h3-6,11,13H,7-10,12H2,1-2H3,(H,22,23,24). The minimum absolute atomic E-state index is 0.106. The van der Waals surface area contributed by atoms with Gasteiger partial charge in [0.1, 0.15) is 12.1 Å². The van der Waals surface area contributed by atoms with Crippen LogP contribution in [0.25, 0.3) is 5.95 Å². The van der Waals surface area contributed by atoms with Crippen LogP contribution < -0.4 is 4.90 Å². The number of Topliss-reactive ketones (excluding diaryl/α,β-unsaturated/α-hetero) is 1. The second-order valence-corrected chi connectivity index (χ2v) is 7.09. The van der Waals surface area contributed by atoms with Crippen LogP contribution in [0.1, 0.15) is 21.7 Å². The number of hydrogen-bond acceptors (Lipinski definition) is 5. The van der Waals surface area contributed by atoms with Crippen LogP contribution >= 0.6 is 0 Å². The molecule has 1 aliphatic heterocycles. The highest BCUT2D eigenvalue weighted by Gasteiger charge is 2.23. The van der Waals surface area contributed by atoms with E-state index in [1.165, 1.54) is 18.5 Å². The smallest absolute Gasteiger partial charge is 0.229 e. The Labute approximate surface area is 162 Å². The van der Waals surface area contributed by atoms with Gasteiger partial charge in [0.05, 0.1) is 6.54 Å². The number of hydrogen-bond donors (Lipinski definition) is 1. The normalized spacial score (nSPS) is 15.2. The number of carbonyl (C=O) groups is 1. The first-order valence-corrected chi connectivity index (χ1v) is 9.33. The number of ketones is 1. The number of H-pyrrole nitrogens is 1. The molecule has 0 aliphatic carbocycles. The molecule has 0 unspecified atom stereocenters. The molecule has 0 spiro atoms. The van der Waals surface area contributed by atoms with E-state index in [0.717, 1.165) is 48.8 Å². The van der Waals surface area contributed by atoms with Crippen molar-refractivity contribution in [3.63, 3.8) is 0 Å². The third-order valence-corrected chi connectivity index (χ3v) is 5.28. The lowest BCUT2D eigenvalue weighted by Gasteiger charge is -2.35. The Hall–Kier alpha value is -3.00. The van der Waals surface area contributed by atoms with E-state index in [2.05, 4.69) is 25.0 Å². The quantitative estimate of drug-likeness (QED) is 0.686. The summed E-state index contributed by atoms with van der Waals surface area (Å²) < 4.78 is 15.0. The third kappa shape index (κ3) is 3.55. The highest BCUT2D eigenvalue weighted by Crippen LogP contribution is 2.20. The zero-order chi connectivity index (χ0) is 19.7. The highest BCUT2D eigenvalue weighted by atomic mass is 19.1. The predicted molar refractivity (Wildman–Crippen MR) is 105 cm³/mol. The molecule has 3 aromatic rings. The minimum atomic E-state index is -0.226. The first-order chi connectivity index (χ1) is 13.5. The number of aromatic nitrogens is 4. The number of halogens is 1. The fraction of sp³-hybridized carbons (Fsp3) is 0.350. The van der Waals surface area contributed by atoms with Gasteiger partial charge in [-0.15, -0.1) is 0 Å². The Morgan fingerprint density at radius 2 is 1.86 bits per heavy atom. The summed E-state index contributed by atoms with van der Waals surface area (Å²) in [6.45, 7) is 7.49. The van der Waals surface area contributed by atoms with Crippen molar-refractivity contribution < 1.29 is 9.18 Å². The number of rotatable bonds is 5. The molecule has 1 aliphatic rings. The van der Waals surface area contributed by atoms with Gasteiger partial charge in [0.2, 0.25) is 5.95 Å². The first-order valence-electron chi connectivity index (χ1n) is 9.33. The van der Waals surface area contributed by atoms with Crippen molar-refractivity contribution in [1.29, 1.82) is 0 Å². The minimum Gasteiger partial charge on any atom is -0.369 e. The molecule has 1 saturated heterocycles. The summed E-state index contributed by atoms with van der Waals surface area (Å²) >= 11 is 0. The molecule has 1 fully saturated rings. The zero-order valence-corrected chi connectivity index (χ0v) is 16.0. The van der Waals surface area contributed by atoms with Gasteiger partial charge in [-0.05, 0) is 44.2 Å². The van der Waals surface area contributed by atoms with Gasteiger partial charge in [0, 0.05) is 48.8 Å². The predicted octanol–water partition coefficient (Wildman–Crippen LogP) is 2.36. The van der Waals surface area contributed by atoms with Crippen LogP contribution in [0.15, 0.2) is 36.7 Å². The molecule has 0 saturated carbocycles. The SMILES string of the molecule is Cc1cc(C(=O)CN2CCN(c3ccc(F)cc3)CC2)c(C)n1-c1ncn[nH]1. The van der Waals surface area contributed by atoms with Gasteiger partial charge in [-0.25, -0.2) is 9.49 Å². The lowest BCUT2D eigenvalue weighted by Crippen LogP contribution is -2.48. The van der Waals surface area contributed by atoms with Crippen molar-refractivity contribution in [3.05, 3.63) is 59.4 Å². The fourth-order valence-electron chi connectivity index (χ4n) is 3.78. The Bertz CT molecular complexity index is 956. The van der Waals surface area contributed by atoms with Gasteiger partial charge < -0.3 is 4.90 Å². The summed E-state index contributed by atoms with van der Waals surface area (Å²) in [7, 11) is 0. The molecule has 3 heterocycles. The average molecular weight is 382 g/mol. The number of aromatic amines is 1. The lowest BCUT2D eigenvalue weighted by atomic mass is 10.1. The number of nitrogens with one attached hydrogen (secondary N) is 1. The van der Waals surface area contributed by atoms with Gasteiger partial charge in [0.25, 0.3) is 0 Å². The largest absolute Gasteiger partial charge is 0.369 e. The molecule has 0 bridgehead atoms. The van der Waals surface area contributed by atoms with E-state index in [0.29, 0.717) is 12.5 Å². The summed E-state index contributed by atoms with van der Waals surface area (Å²) in [6.07, 6.45) is 1.45. The summed E-state index contributed by atoms with van der Waals surface area (Å²) in [5, 5.41) is 6.73. The van der Waals surface area contributed by atoms with Gasteiger partial charge in [-0.1, -0.05) is 0 Å². The molecule has 4 rings (SSSR count). The maximum atomic E-state index is 13.1. The number of nitrogens with zero attached hydrogens (tertiary/aromatic N) is 5. The number of piperazine rings is 1. The molecule has 0 radical (unpaired) electrons.